The van der Waals surface area contributed by atoms with Crippen molar-refractivity contribution in [2.75, 3.05) is 18.1 Å². The molecular weight excluding hydrogens is 346 g/mol. The molecule has 1 N–H and O–H groups in total. The molecule has 26 heavy (non-hydrogen) atoms. The van der Waals surface area contributed by atoms with Gasteiger partial charge in [-0.15, -0.1) is 0 Å². The Morgan fingerprint density at radius 1 is 1.35 bits per heavy atom. The van der Waals surface area contributed by atoms with E-state index in [4.69, 9.17) is 0 Å². The summed E-state index contributed by atoms with van der Waals surface area (Å²) in [5, 5.41) is 10.2. The average Bonchev–Trinajstić information content (AvgIpc) is 2.97. The highest BCUT2D eigenvalue weighted by molar-refractivity contribution is 7.99. The molecule has 0 saturated carbocycles. The Bertz CT molecular complexity index is 603. The summed E-state index contributed by atoms with van der Waals surface area (Å²) in [6.45, 7) is 2.36. The number of likely N-dealkylation sites (tertiary alicyclic amines) is 1. The number of Topliss-reactive ketones (excluding diaryl/α,β-unsaturated/α-hetero) is 1. The van der Waals surface area contributed by atoms with Crippen LogP contribution in [0.15, 0.2) is 42.5 Å². The van der Waals surface area contributed by atoms with E-state index in [1.807, 2.05) is 47.4 Å². The molecule has 1 amide bonds. The fraction of sp³-hybridized carbons (Fsp3) is 0.524. The van der Waals surface area contributed by atoms with Gasteiger partial charge < -0.3 is 10.0 Å². The number of rotatable bonds is 11. The molecule has 0 spiro atoms. The lowest BCUT2D eigenvalue weighted by Crippen LogP contribution is -2.33. The molecule has 1 fully saturated rings. The minimum atomic E-state index is -0.530. The van der Waals surface area contributed by atoms with Crippen molar-refractivity contribution in [1.82, 2.24) is 4.90 Å². The van der Waals surface area contributed by atoms with Gasteiger partial charge in [-0.25, -0.2) is 0 Å². The van der Waals surface area contributed by atoms with Crippen LogP contribution in [0.3, 0.4) is 0 Å². The first-order chi connectivity index (χ1) is 12.6. The van der Waals surface area contributed by atoms with Gasteiger partial charge in [0.1, 0.15) is 5.78 Å². The van der Waals surface area contributed by atoms with Gasteiger partial charge in [-0.3, -0.25) is 9.59 Å². The van der Waals surface area contributed by atoms with Gasteiger partial charge in [0.2, 0.25) is 5.91 Å². The quantitative estimate of drug-likeness (QED) is 0.476. The number of unbranched alkanes of at least 4 members (excludes halogenated alkanes) is 1. The first-order valence-electron chi connectivity index (χ1n) is 9.33. The molecule has 5 heteroatoms. The lowest BCUT2D eigenvalue weighted by molar-refractivity contribution is -0.128. The maximum absolute atomic E-state index is 12.1. The number of ketones is 1. The van der Waals surface area contributed by atoms with Gasteiger partial charge in [0.25, 0.3) is 0 Å². The number of carbonyl (C=O) groups is 2. The molecule has 1 aromatic rings. The van der Waals surface area contributed by atoms with E-state index in [0.29, 0.717) is 18.6 Å². The van der Waals surface area contributed by atoms with Crippen molar-refractivity contribution < 1.29 is 14.7 Å². The van der Waals surface area contributed by atoms with E-state index in [9.17, 15) is 14.7 Å². The fourth-order valence-electron chi connectivity index (χ4n) is 3.13. The summed E-state index contributed by atoms with van der Waals surface area (Å²) in [6, 6.07) is 10.0. The van der Waals surface area contributed by atoms with Crippen LogP contribution in [0.5, 0.6) is 0 Å². The molecule has 2 atom stereocenters. The van der Waals surface area contributed by atoms with Crippen LogP contribution in [-0.2, 0) is 16.0 Å². The van der Waals surface area contributed by atoms with Crippen LogP contribution in [0.4, 0.5) is 0 Å². The van der Waals surface area contributed by atoms with Gasteiger partial charge in [-0.05, 0) is 37.5 Å². The summed E-state index contributed by atoms with van der Waals surface area (Å²) >= 11 is 1.66. The number of amides is 1. The second-order valence-electron chi connectivity index (χ2n) is 6.80. The smallest absolute Gasteiger partial charge is 0.223 e. The monoisotopic (exact) mass is 375 g/mol. The molecule has 2 rings (SSSR count). The Morgan fingerprint density at radius 2 is 2.12 bits per heavy atom. The SMILES string of the molecule is CC(=O)CSCCCCN1C(=O)CC[C@@H]1/C=C/C(O)Cc1ccccc1. The zero-order chi connectivity index (χ0) is 18.8. The Hall–Kier alpha value is -1.59. The van der Waals surface area contributed by atoms with E-state index < -0.39 is 6.10 Å². The third kappa shape index (κ3) is 7.34. The third-order valence-corrected chi connectivity index (χ3v) is 5.65. The standard InChI is InChI=1S/C21H29NO3S/c1-17(23)16-26-14-6-5-13-22-19(10-12-21(22)25)9-11-20(24)15-18-7-3-2-4-8-18/h2-4,7-9,11,19-20,24H,5-6,10,12-16H2,1H3/b11-9+/t19-,20?/m0/s1. The Morgan fingerprint density at radius 3 is 2.85 bits per heavy atom. The largest absolute Gasteiger partial charge is 0.389 e. The minimum absolute atomic E-state index is 0.0952. The van der Waals surface area contributed by atoms with Gasteiger partial charge in [0, 0.05) is 19.4 Å². The van der Waals surface area contributed by atoms with Crippen molar-refractivity contribution in [2.45, 2.75) is 51.2 Å². The maximum atomic E-state index is 12.1. The number of carbonyl (C=O) groups excluding carboxylic acids is 2. The molecule has 1 saturated heterocycles. The minimum Gasteiger partial charge on any atom is -0.389 e. The van der Waals surface area contributed by atoms with Crippen LogP contribution in [0.1, 0.15) is 38.2 Å². The highest BCUT2D eigenvalue weighted by atomic mass is 32.2. The summed E-state index contributed by atoms with van der Waals surface area (Å²) < 4.78 is 0. The zero-order valence-corrected chi connectivity index (χ0v) is 16.3. The Kier molecular flexibility index (Phi) is 8.92. The highest BCUT2D eigenvalue weighted by Gasteiger charge is 2.28. The van der Waals surface area contributed by atoms with Crippen LogP contribution in [-0.4, -0.2) is 51.9 Å². The normalized spacial score (nSPS) is 18.6. The molecule has 0 aromatic heterocycles. The predicted molar refractivity (Wildman–Crippen MR) is 107 cm³/mol. The predicted octanol–water partition coefficient (Wildman–Crippen LogP) is 3.24. The van der Waals surface area contributed by atoms with E-state index in [0.717, 1.165) is 37.1 Å². The summed E-state index contributed by atoms with van der Waals surface area (Å²) in [5.41, 5.74) is 1.10. The number of thioether (sulfide) groups is 1. The topological polar surface area (TPSA) is 57.6 Å². The second-order valence-corrected chi connectivity index (χ2v) is 7.90. The summed E-state index contributed by atoms with van der Waals surface area (Å²) in [4.78, 5) is 25.0. The van der Waals surface area contributed by atoms with Crippen molar-refractivity contribution in [3.63, 3.8) is 0 Å². The van der Waals surface area contributed by atoms with Crippen LogP contribution in [0.25, 0.3) is 0 Å². The van der Waals surface area contributed by atoms with Gasteiger partial charge in [-0.1, -0.05) is 42.5 Å². The fourth-order valence-corrected chi connectivity index (χ4v) is 3.97. The van der Waals surface area contributed by atoms with Gasteiger partial charge >= 0.3 is 0 Å². The lowest BCUT2D eigenvalue weighted by Gasteiger charge is -2.22. The Balaban J connectivity index is 1.74. The number of aliphatic hydroxyl groups excluding tert-OH is 1. The third-order valence-electron chi connectivity index (χ3n) is 4.46. The first kappa shape index (κ1) is 20.7. The second kappa shape index (κ2) is 11.2. The molecule has 1 aromatic carbocycles. The van der Waals surface area contributed by atoms with E-state index >= 15 is 0 Å². The van der Waals surface area contributed by atoms with Crippen molar-refractivity contribution >= 4 is 23.5 Å². The molecule has 0 radical (unpaired) electrons. The van der Waals surface area contributed by atoms with Crippen molar-refractivity contribution in [3.05, 3.63) is 48.0 Å². The van der Waals surface area contributed by atoms with Gasteiger partial charge in [-0.2, -0.15) is 11.8 Å². The van der Waals surface area contributed by atoms with Crippen LogP contribution in [0, 0.1) is 0 Å². The first-order valence-corrected chi connectivity index (χ1v) is 10.5. The Labute approximate surface area is 160 Å². The maximum Gasteiger partial charge on any atom is 0.223 e. The van der Waals surface area contributed by atoms with Crippen molar-refractivity contribution in [3.8, 4) is 0 Å². The van der Waals surface area contributed by atoms with Gasteiger partial charge in [0.05, 0.1) is 17.9 Å². The molecule has 1 aliphatic rings. The molecule has 1 unspecified atom stereocenters. The number of hydrogen-bond donors (Lipinski definition) is 1. The van der Waals surface area contributed by atoms with Crippen molar-refractivity contribution in [1.29, 1.82) is 0 Å². The van der Waals surface area contributed by atoms with Crippen molar-refractivity contribution in [2.24, 2.45) is 0 Å². The molecule has 142 valence electrons. The zero-order valence-electron chi connectivity index (χ0n) is 15.5. The van der Waals surface area contributed by atoms with Crippen LogP contribution < -0.4 is 0 Å². The summed E-state index contributed by atoms with van der Waals surface area (Å²) in [5.74, 6) is 1.95. The van der Waals surface area contributed by atoms with Gasteiger partial charge in [0.15, 0.2) is 0 Å². The molecule has 0 aliphatic carbocycles. The molecule has 1 aliphatic heterocycles. The molecule has 0 bridgehead atoms. The van der Waals surface area contributed by atoms with Crippen LogP contribution in [0.2, 0.25) is 0 Å². The molecular formula is C21H29NO3S. The van der Waals surface area contributed by atoms with E-state index in [1.54, 1.807) is 18.7 Å². The number of nitrogens with zero attached hydrogens (tertiary/aromatic N) is 1. The summed E-state index contributed by atoms with van der Waals surface area (Å²) in [7, 11) is 0. The lowest BCUT2D eigenvalue weighted by atomic mass is 10.1. The highest BCUT2D eigenvalue weighted by Crippen LogP contribution is 2.21. The summed E-state index contributed by atoms with van der Waals surface area (Å²) in [6.07, 6.45) is 7.25. The molecule has 4 nitrogen and oxygen atoms in total. The van der Waals surface area contributed by atoms with Crippen LogP contribution >= 0.6 is 11.8 Å². The number of benzene rings is 1. The van der Waals surface area contributed by atoms with E-state index in [-0.39, 0.29) is 17.7 Å². The molecule has 1 heterocycles. The number of aliphatic hydroxyl groups is 1. The van der Waals surface area contributed by atoms with E-state index in [2.05, 4.69) is 0 Å². The average molecular weight is 376 g/mol. The number of hydrogen-bond acceptors (Lipinski definition) is 4. The van der Waals surface area contributed by atoms with E-state index in [1.165, 1.54) is 0 Å².